The summed E-state index contributed by atoms with van der Waals surface area (Å²) in [6.45, 7) is 7.56. The zero-order valence-corrected chi connectivity index (χ0v) is 25.3. The highest BCUT2D eigenvalue weighted by Gasteiger charge is 2.69. The van der Waals surface area contributed by atoms with Crippen molar-refractivity contribution in [1.29, 1.82) is 0 Å². The van der Waals surface area contributed by atoms with Gasteiger partial charge in [-0.25, -0.2) is 9.59 Å². The molecule has 1 N–H and O–H groups in total. The van der Waals surface area contributed by atoms with E-state index in [1.165, 1.54) is 11.1 Å². The first kappa shape index (κ1) is 29.4. The molecule has 2 bridgehead atoms. The number of alkyl halides is 3. The van der Waals surface area contributed by atoms with Crippen LogP contribution in [0.2, 0.25) is 0 Å². The van der Waals surface area contributed by atoms with Crippen molar-refractivity contribution in [2.75, 3.05) is 20.8 Å². The van der Waals surface area contributed by atoms with Gasteiger partial charge in [0.05, 0.1) is 7.11 Å². The van der Waals surface area contributed by atoms with Gasteiger partial charge in [-0.15, -0.1) is 0 Å². The molecule has 2 amide bonds. The summed E-state index contributed by atoms with van der Waals surface area (Å²) in [7, 11) is 3.55. The zero-order chi connectivity index (χ0) is 28.1. The number of methoxy groups -OCH3 is 1. The molecule has 0 heterocycles. The summed E-state index contributed by atoms with van der Waals surface area (Å²) in [6.07, 6.45) is 4.19. The Morgan fingerprint density at radius 2 is 1.84 bits per heavy atom. The molecule has 7 nitrogen and oxygen atoms in total. The van der Waals surface area contributed by atoms with Crippen LogP contribution < -0.4 is 10.1 Å². The Balaban J connectivity index is 1.75. The molecule has 38 heavy (non-hydrogen) atoms. The first-order valence-corrected chi connectivity index (χ1v) is 14.4. The van der Waals surface area contributed by atoms with E-state index in [1.54, 1.807) is 7.11 Å². The molecule has 0 aromatic heterocycles. The van der Waals surface area contributed by atoms with Crippen LogP contribution in [0, 0.1) is 11.3 Å². The number of halogens is 3. The Kier molecular flexibility index (Phi) is 8.08. The fourth-order valence-electron chi connectivity index (χ4n) is 7.82. The predicted molar refractivity (Wildman–Crippen MR) is 149 cm³/mol. The lowest BCUT2D eigenvalue weighted by atomic mass is 9.45. The second-order valence-corrected chi connectivity index (χ2v) is 14.5. The number of alkyl carbamates (subject to hydrolysis) is 1. The molecule has 1 aromatic rings. The third kappa shape index (κ3) is 5.15. The van der Waals surface area contributed by atoms with Crippen LogP contribution in [0.5, 0.6) is 5.75 Å². The third-order valence-corrected chi connectivity index (χ3v) is 9.36. The molecule has 4 rings (SSSR count). The zero-order valence-electron chi connectivity index (χ0n) is 23.0. The summed E-state index contributed by atoms with van der Waals surface area (Å²) in [6, 6.07) is 6.12. The van der Waals surface area contributed by atoms with Crippen LogP contribution >= 0.6 is 34.8 Å². The van der Waals surface area contributed by atoms with E-state index >= 15 is 0 Å². The van der Waals surface area contributed by atoms with Crippen LogP contribution in [-0.2, 0) is 21.3 Å². The number of fused-ring (bicyclic) bond motifs is 1. The second kappa shape index (κ2) is 10.4. The number of likely N-dealkylation sites (N-methyl/N-ethyl adjacent to an activating group) is 1. The molecule has 1 aromatic carbocycles. The number of rotatable bonds is 5. The van der Waals surface area contributed by atoms with Crippen molar-refractivity contribution in [3.63, 3.8) is 0 Å². The summed E-state index contributed by atoms with van der Waals surface area (Å²) in [5.74, 6) is 0.949. The maximum absolute atomic E-state index is 13.3. The Bertz CT molecular complexity index is 1070. The van der Waals surface area contributed by atoms with Crippen molar-refractivity contribution < 1.29 is 23.8 Å². The number of hydrogen-bond acceptors (Lipinski definition) is 5. The van der Waals surface area contributed by atoms with Gasteiger partial charge in [-0.05, 0) is 88.5 Å². The van der Waals surface area contributed by atoms with Gasteiger partial charge < -0.3 is 24.4 Å². The van der Waals surface area contributed by atoms with Gasteiger partial charge in [0.1, 0.15) is 18.0 Å². The van der Waals surface area contributed by atoms with Gasteiger partial charge in [0.15, 0.2) is 0 Å². The van der Waals surface area contributed by atoms with Gasteiger partial charge in [-0.1, -0.05) is 47.8 Å². The van der Waals surface area contributed by atoms with E-state index in [9.17, 15) is 9.59 Å². The smallest absolute Gasteiger partial charge is 0.410 e. The van der Waals surface area contributed by atoms with E-state index in [1.807, 2.05) is 38.8 Å². The molecule has 5 atom stereocenters. The van der Waals surface area contributed by atoms with E-state index in [4.69, 9.17) is 49.0 Å². The highest BCUT2D eigenvalue weighted by atomic mass is 35.6. The van der Waals surface area contributed by atoms with Gasteiger partial charge >= 0.3 is 12.2 Å². The Morgan fingerprint density at radius 3 is 2.45 bits per heavy atom. The number of carbonyl (C=O) groups excluding carboxylic acids is 2. The largest absolute Gasteiger partial charge is 0.497 e. The van der Waals surface area contributed by atoms with Crippen LogP contribution in [0.25, 0.3) is 0 Å². The van der Waals surface area contributed by atoms with E-state index < -0.39 is 15.5 Å². The molecule has 212 valence electrons. The highest BCUT2D eigenvalue weighted by Crippen LogP contribution is 2.70. The Morgan fingerprint density at radius 1 is 1.16 bits per heavy atom. The Hall–Kier alpha value is -1.57. The number of ether oxygens (including phenoxy) is 3. The third-order valence-electron chi connectivity index (χ3n) is 9.04. The SMILES string of the molecule is CCC12c3cc(OC)ccc3CC(N(C)C(=O)OC(C)(C)C)C13CCC(NC(=O)OCC(Cl)(Cl)Cl)C2CC3. The first-order chi connectivity index (χ1) is 17.7. The molecular formula is C28H39Cl3N2O5. The first-order valence-electron chi connectivity index (χ1n) is 13.3. The average molecular weight is 590 g/mol. The minimum atomic E-state index is -1.67. The lowest BCUT2D eigenvalue weighted by Gasteiger charge is -2.62. The Labute approximate surface area is 240 Å². The van der Waals surface area contributed by atoms with Gasteiger partial charge in [-0.2, -0.15) is 0 Å². The normalized spacial score (nSPS) is 30.1. The standard InChI is InChI=1S/C28H39Cl3N2O5/c1-7-27-19-10-12-26(27,13-11-21(19)32-23(34)37-16-28(29,30)31)22(33(5)24(35)38-25(2,3)4)14-17-8-9-18(36-6)15-20(17)27/h8-9,15,19,21-22H,7,10-14,16H2,1-6H3,(H,32,34). The van der Waals surface area contributed by atoms with Gasteiger partial charge in [0.25, 0.3) is 0 Å². The van der Waals surface area contributed by atoms with Crippen molar-refractivity contribution in [3.05, 3.63) is 29.3 Å². The maximum Gasteiger partial charge on any atom is 0.410 e. The van der Waals surface area contributed by atoms with E-state index in [2.05, 4.69) is 24.4 Å². The van der Waals surface area contributed by atoms with E-state index in [-0.39, 0.29) is 41.5 Å². The molecule has 2 fully saturated rings. The summed E-state index contributed by atoms with van der Waals surface area (Å²) < 4.78 is 15.0. The maximum atomic E-state index is 13.3. The average Bonchev–Trinajstić information content (AvgIpc) is 3.07. The van der Waals surface area contributed by atoms with Crippen molar-refractivity contribution in [1.82, 2.24) is 10.2 Å². The summed E-state index contributed by atoms with van der Waals surface area (Å²) >= 11 is 17.4. The minimum absolute atomic E-state index is 0.0412. The number of hydrogen-bond donors (Lipinski definition) is 1. The number of amides is 2. The molecule has 0 saturated heterocycles. The second-order valence-electron chi connectivity index (χ2n) is 11.9. The predicted octanol–water partition coefficient (Wildman–Crippen LogP) is 6.79. The molecule has 5 unspecified atom stereocenters. The number of nitrogens with one attached hydrogen (secondary N) is 1. The molecule has 10 heteroatoms. The van der Waals surface area contributed by atoms with Gasteiger partial charge in [0.2, 0.25) is 3.79 Å². The minimum Gasteiger partial charge on any atom is -0.497 e. The quantitative estimate of drug-likeness (QED) is 0.383. The number of benzene rings is 1. The summed E-state index contributed by atoms with van der Waals surface area (Å²) in [5, 5.41) is 3.09. The molecule has 0 aliphatic heterocycles. The van der Waals surface area contributed by atoms with Crippen molar-refractivity contribution in [2.45, 2.75) is 93.1 Å². The fraction of sp³-hybridized carbons (Fsp3) is 0.714. The topological polar surface area (TPSA) is 77.1 Å². The molecule has 0 spiro atoms. The van der Waals surface area contributed by atoms with E-state index in [0.29, 0.717) is 0 Å². The van der Waals surface area contributed by atoms with Gasteiger partial charge in [-0.3, -0.25) is 0 Å². The lowest BCUT2D eigenvalue weighted by molar-refractivity contribution is -0.0521. The molecular weight excluding hydrogens is 551 g/mol. The van der Waals surface area contributed by atoms with Crippen LogP contribution in [0.15, 0.2) is 18.2 Å². The van der Waals surface area contributed by atoms with Crippen molar-refractivity contribution in [2.24, 2.45) is 11.3 Å². The van der Waals surface area contributed by atoms with Crippen molar-refractivity contribution >= 4 is 47.0 Å². The molecule has 0 radical (unpaired) electrons. The number of carbonyl (C=O) groups is 2. The molecule has 3 aliphatic carbocycles. The number of nitrogens with zero attached hydrogens (tertiary/aromatic N) is 1. The van der Waals surface area contributed by atoms with Crippen LogP contribution in [0.4, 0.5) is 9.59 Å². The monoisotopic (exact) mass is 588 g/mol. The van der Waals surface area contributed by atoms with Crippen molar-refractivity contribution in [3.8, 4) is 5.75 Å². The van der Waals surface area contributed by atoms with Crippen LogP contribution in [0.3, 0.4) is 0 Å². The van der Waals surface area contributed by atoms with Gasteiger partial charge in [0, 0.05) is 30.0 Å². The molecule has 2 saturated carbocycles. The van der Waals surface area contributed by atoms with Crippen LogP contribution in [0.1, 0.15) is 70.9 Å². The highest BCUT2D eigenvalue weighted by molar-refractivity contribution is 6.67. The van der Waals surface area contributed by atoms with E-state index in [0.717, 1.165) is 44.3 Å². The lowest BCUT2D eigenvalue weighted by Crippen LogP contribution is -2.66. The van der Waals surface area contributed by atoms with Crippen LogP contribution in [-0.4, -0.2) is 59.3 Å². The summed E-state index contributed by atoms with van der Waals surface area (Å²) in [5.41, 5.74) is 1.43. The fourth-order valence-corrected chi connectivity index (χ4v) is 7.99. The summed E-state index contributed by atoms with van der Waals surface area (Å²) in [4.78, 5) is 27.9. The molecule has 3 aliphatic rings.